The average Bonchev–Trinajstić information content (AvgIpc) is 2.82. The van der Waals surface area contributed by atoms with E-state index in [1.165, 1.54) is 12.1 Å². The van der Waals surface area contributed by atoms with Gasteiger partial charge in [0.25, 0.3) is 5.22 Å². The van der Waals surface area contributed by atoms with Crippen molar-refractivity contribution >= 4 is 28.5 Å². The summed E-state index contributed by atoms with van der Waals surface area (Å²) in [7, 11) is 0. The van der Waals surface area contributed by atoms with Crippen LogP contribution in [0.25, 0.3) is 11.1 Å². The molecule has 0 amide bonds. The Balaban J connectivity index is 1.95. The number of aromatic nitrogens is 1. The van der Waals surface area contributed by atoms with Gasteiger partial charge in [0.15, 0.2) is 5.58 Å². The lowest BCUT2D eigenvalue weighted by atomic mass is 10.2. The molecule has 0 saturated heterocycles. The second kappa shape index (κ2) is 4.87. The maximum Gasteiger partial charge on any atom is 0.261 e. The van der Waals surface area contributed by atoms with Gasteiger partial charge in [-0.3, -0.25) is 0 Å². The first-order valence-electron chi connectivity index (χ1n) is 5.69. The number of nitriles is 1. The van der Waals surface area contributed by atoms with Gasteiger partial charge in [0.05, 0.1) is 16.5 Å². The summed E-state index contributed by atoms with van der Waals surface area (Å²) >= 11 is 1.06. The molecular formula is C14H8FN3OS. The molecule has 1 heterocycles. The zero-order valence-electron chi connectivity index (χ0n) is 10.1. The van der Waals surface area contributed by atoms with Crippen LogP contribution in [-0.2, 0) is 0 Å². The minimum atomic E-state index is -0.476. The van der Waals surface area contributed by atoms with E-state index in [0.29, 0.717) is 26.9 Å². The van der Waals surface area contributed by atoms with Gasteiger partial charge in [-0.05, 0) is 48.2 Å². The maximum atomic E-state index is 13.8. The molecule has 0 radical (unpaired) electrons. The molecule has 0 saturated carbocycles. The van der Waals surface area contributed by atoms with Crippen LogP contribution in [0.2, 0.25) is 0 Å². The Morgan fingerprint density at radius 2 is 2.10 bits per heavy atom. The van der Waals surface area contributed by atoms with Crippen molar-refractivity contribution < 1.29 is 8.81 Å². The Labute approximate surface area is 118 Å². The van der Waals surface area contributed by atoms with E-state index in [1.807, 2.05) is 6.07 Å². The lowest BCUT2D eigenvalue weighted by Gasteiger charge is -1.99. The molecule has 3 rings (SSSR count). The zero-order chi connectivity index (χ0) is 14.1. The Bertz CT molecular complexity index is 838. The fourth-order valence-corrected chi connectivity index (χ4v) is 2.47. The second-order valence-corrected chi connectivity index (χ2v) is 5.06. The lowest BCUT2D eigenvalue weighted by Crippen LogP contribution is -1.84. The van der Waals surface area contributed by atoms with Crippen LogP contribution >= 0.6 is 11.8 Å². The van der Waals surface area contributed by atoms with Gasteiger partial charge in [-0.1, -0.05) is 0 Å². The van der Waals surface area contributed by atoms with Gasteiger partial charge in [-0.2, -0.15) is 5.26 Å². The van der Waals surface area contributed by atoms with E-state index in [9.17, 15) is 4.39 Å². The molecule has 1 aromatic heterocycles. The third-order valence-electron chi connectivity index (χ3n) is 2.65. The highest BCUT2D eigenvalue weighted by Crippen LogP contribution is 2.32. The number of nitrogen functional groups attached to an aromatic ring is 1. The number of oxazole rings is 1. The first-order valence-corrected chi connectivity index (χ1v) is 6.51. The van der Waals surface area contributed by atoms with Crippen LogP contribution in [0.4, 0.5) is 10.1 Å². The normalized spacial score (nSPS) is 10.6. The van der Waals surface area contributed by atoms with Gasteiger partial charge in [0.2, 0.25) is 0 Å². The number of halogens is 1. The van der Waals surface area contributed by atoms with E-state index < -0.39 is 5.82 Å². The molecule has 0 spiro atoms. The fourth-order valence-electron chi connectivity index (χ4n) is 1.71. The lowest BCUT2D eigenvalue weighted by molar-refractivity contribution is 0.488. The number of nitrogens with two attached hydrogens (primary N) is 1. The minimum Gasteiger partial charge on any atom is -0.431 e. The molecule has 3 aromatic rings. The molecule has 0 bridgehead atoms. The quantitative estimate of drug-likeness (QED) is 0.728. The molecule has 0 unspecified atom stereocenters. The van der Waals surface area contributed by atoms with Crippen LogP contribution in [0, 0.1) is 17.1 Å². The first-order chi connectivity index (χ1) is 9.65. The number of hydrogen-bond donors (Lipinski definition) is 1. The fraction of sp³-hybridized carbons (Fsp3) is 0. The van der Waals surface area contributed by atoms with Crippen LogP contribution in [0.5, 0.6) is 0 Å². The molecule has 20 heavy (non-hydrogen) atoms. The molecule has 0 aliphatic heterocycles. The third kappa shape index (κ3) is 2.31. The van der Waals surface area contributed by atoms with Gasteiger partial charge >= 0.3 is 0 Å². The highest BCUT2D eigenvalue weighted by molar-refractivity contribution is 7.99. The van der Waals surface area contributed by atoms with Crippen molar-refractivity contribution in [3.8, 4) is 6.07 Å². The number of anilines is 1. The number of benzene rings is 2. The molecule has 0 aliphatic rings. The molecule has 2 aromatic carbocycles. The summed E-state index contributed by atoms with van der Waals surface area (Å²) < 4.78 is 19.3. The SMILES string of the molecule is N#Cc1ccc(Sc2nc3cc(N)ccc3o2)c(F)c1. The van der Waals surface area contributed by atoms with Gasteiger partial charge in [-0.15, -0.1) is 0 Å². The third-order valence-corrected chi connectivity index (χ3v) is 3.55. The molecule has 0 atom stereocenters. The van der Waals surface area contributed by atoms with Crippen LogP contribution in [0.1, 0.15) is 5.56 Å². The predicted molar refractivity (Wildman–Crippen MR) is 73.7 cm³/mol. The average molecular weight is 285 g/mol. The Kier molecular flexibility index (Phi) is 3.05. The van der Waals surface area contributed by atoms with Crippen molar-refractivity contribution in [2.45, 2.75) is 10.1 Å². The summed E-state index contributed by atoms with van der Waals surface area (Å²) in [6.07, 6.45) is 0. The number of hydrogen-bond acceptors (Lipinski definition) is 5. The summed E-state index contributed by atoms with van der Waals surface area (Å²) in [5, 5.41) is 9.03. The molecule has 2 N–H and O–H groups in total. The van der Waals surface area contributed by atoms with Crippen molar-refractivity contribution in [2.24, 2.45) is 0 Å². The molecule has 98 valence electrons. The highest BCUT2D eigenvalue weighted by atomic mass is 32.2. The van der Waals surface area contributed by atoms with Gasteiger partial charge in [0.1, 0.15) is 11.3 Å². The predicted octanol–water partition coefficient (Wildman–Crippen LogP) is 3.57. The summed E-state index contributed by atoms with van der Waals surface area (Å²) in [5.41, 5.74) is 7.75. The molecule has 6 heteroatoms. The smallest absolute Gasteiger partial charge is 0.261 e. The van der Waals surface area contributed by atoms with Gasteiger partial charge in [0, 0.05) is 5.69 Å². The second-order valence-electron chi connectivity index (χ2n) is 4.07. The molecule has 0 aliphatic carbocycles. The van der Waals surface area contributed by atoms with E-state index in [0.717, 1.165) is 11.8 Å². The van der Waals surface area contributed by atoms with Crippen molar-refractivity contribution in [3.63, 3.8) is 0 Å². The minimum absolute atomic E-state index is 0.275. The van der Waals surface area contributed by atoms with E-state index in [1.54, 1.807) is 24.3 Å². The largest absolute Gasteiger partial charge is 0.431 e. The number of nitrogens with zero attached hydrogens (tertiary/aromatic N) is 2. The van der Waals surface area contributed by atoms with E-state index in [4.69, 9.17) is 15.4 Å². The maximum absolute atomic E-state index is 13.8. The van der Waals surface area contributed by atoms with Crippen molar-refractivity contribution in [1.82, 2.24) is 4.98 Å². The topological polar surface area (TPSA) is 75.8 Å². The van der Waals surface area contributed by atoms with Gasteiger partial charge in [-0.25, -0.2) is 9.37 Å². The molecular weight excluding hydrogens is 277 g/mol. The first kappa shape index (κ1) is 12.5. The van der Waals surface area contributed by atoms with Crippen molar-refractivity contribution in [2.75, 3.05) is 5.73 Å². The summed E-state index contributed by atoms with van der Waals surface area (Å²) in [6.45, 7) is 0. The summed E-state index contributed by atoms with van der Waals surface area (Å²) in [5.74, 6) is -0.476. The Morgan fingerprint density at radius 1 is 1.25 bits per heavy atom. The van der Waals surface area contributed by atoms with Crippen LogP contribution in [0.3, 0.4) is 0 Å². The van der Waals surface area contributed by atoms with Crippen LogP contribution < -0.4 is 5.73 Å². The van der Waals surface area contributed by atoms with Gasteiger partial charge < -0.3 is 10.2 Å². The number of fused-ring (bicyclic) bond motifs is 1. The summed E-state index contributed by atoms with van der Waals surface area (Å²) in [6, 6.07) is 11.3. The Morgan fingerprint density at radius 3 is 2.85 bits per heavy atom. The highest BCUT2D eigenvalue weighted by Gasteiger charge is 2.11. The standard InChI is InChI=1S/C14H8FN3OS/c15-10-5-8(7-16)1-4-13(10)20-14-18-11-6-9(17)2-3-12(11)19-14/h1-6H,17H2. The van der Waals surface area contributed by atoms with Crippen LogP contribution in [-0.4, -0.2) is 4.98 Å². The van der Waals surface area contributed by atoms with E-state index in [-0.39, 0.29) is 5.56 Å². The molecule has 4 nitrogen and oxygen atoms in total. The summed E-state index contributed by atoms with van der Waals surface area (Å²) in [4.78, 5) is 4.59. The Hall–Kier alpha value is -2.52. The molecule has 0 fully saturated rings. The zero-order valence-corrected chi connectivity index (χ0v) is 10.9. The van der Waals surface area contributed by atoms with Crippen LogP contribution in [0.15, 0.2) is 50.9 Å². The van der Waals surface area contributed by atoms with E-state index in [2.05, 4.69) is 4.98 Å². The van der Waals surface area contributed by atoms with E-state index >= 15 is 0 Å². The monoisotopic (exact) mass is 285 g/mol. The van der Waals surface area contributed by atoms with Crippen molar-refractivity contribution in [3.05, 3.63) is 47.8 Å². The number of rotatable bonds is 2. The van der Waals surface area contributed by atoms with Crippen molar-refractivity contribution in [1.29, 1.82) is 5.26 Å².